The highest BCUT2D eigenvalue weighted by atomic mass is 16.5. The van der Waals surface area contributed by atoms with E-state index in [0.717, 1.165) is 32.4 Å². The van der Waals surface area contributed by atoms with Gasteiger partial charge in [-0.2, -0.15) is 0 Å². The molecule has 0 bridgehead atoms. The number of H-pyrrole nitrogens is 1. The highest BCUT2D eigenvalue weighted by molar-refractivity contribution is 5.92. The topological polar surface area (TPSA) is 65.6 Å². The van der Waals surface area contributed by atoms with Crippen LogP contribution in [-0.4, -0.2) is 66.0 Å². The van der Waals surface area contributed by atoms with Crippen LogP contribution in [0.4, 0.5) is 0 Å². The molecule has 126 valence electrons. The van der Waals surface area contributed by atoms with E-state index < -0.39 is 0 Å². The van der Waals surface area contributed by atoms with E-state index in [1.807, 2.05) is 21.9 Å². The largest absolute Gasteiger partial charge is 0.385 e. The number of likely N-dealkylation sites (tertiary alicyclic amines) is 2. The summed E-state index contributed by atoms with van der Waals surface area (Å²) in [5.74, 6) is 0.714. The summed E-state index contributed by atoms with van der Waals surface area (Å²) in [6, 6.07) is 3.94. The van der Waals surface area contributed by atoms with E-state index >= 15 is 0 Å². The Hall–Kier alpha value is -1.82. The van der Waals surface area contributed by atoms with Gasteiger partial charge < -0.3 is 19.5 Å². The summed E-state index contributed by atoms with van der Waals surface area (Å²) < 4.78 is 5.10. The molecular weight excluding hydrogens is 294 g/mol. The van der Waals surface area contributed by atoms with Crippen LogP contribution in [0.25, 0.3) is 0 Å². The molecule has 2 fully saturated rings. The van der Waals surface area contributed by atoms with Crippen LogP contribution in [0.15, 0.2) is 18.3 Å². The van der Waals surface area contributed by atoms with E-state index in [1.165, 1.54) is 0 Å². The van der Waals surface area contributed by atoms with Gasteiger partial charge in [0.15, 0.2) is 0 Å². The van der Waals surface area contributed by atoms with Crippen molar-refractivity contribution in [3.63, 3.8) is 0 Å². The van der Waals surface area contributed by atoms with Gasteiger partial charge in [-0.15, -0.1) is 0 Å². The molecular formula is C17H25N3O3. The smallest absolute Gasteiger partial charge is 0.270 e. The molecule has 0 aromatic carbocycles. The Labute approximate surface area is 136 Å². The molecule has 1 N–H and O–H groups in total. The Morgan fingerprint density at radius 1 is 1.43 bits per heavy atom. The summed E-state index contributed by atoms with van der Waals surface area (Å²) in [6.07, 6.45) is 5.00. The highest BCUT2D eigenvalue weighted by Crippen LogP contribution is 2.31. The molecule has 3 rings (SSSR count). The number of piperidine rings is 2. The lowest BCUT2D eigenvalue weighted by Gasteiger charge is -2.47. The van der Waals surface area contributed by atoms with Crippen molar-refractivity contribution in [2.24, 2.45) is 5.92 Å². The van der Waals surface area contributed by atoms with Crippen LogP contribution in [0.2, 0.25) is 0 Å². The summed E-state index contributed by atoms with van der Waals surface area (Å²) in [5.41, 5.74) is 0.646. The van der Waals surface area contributed by atoms with Gasteiger partial charge in [-0.25, -0.2) is 0 Å². The number of hydrogen-bond acceptors (Lipinski definition) is 3. The fourth-order valence-corrected chi connectivity index (χ4v) is 3.84. The van der Waals surface area contributed by atoms with Gasteiger partial charge in [0.1, 0.15) is 5.69 Å². The summed E-state index contributed by atoms with van der Waals surface area (Å²) >= 11 is 0. The van der Waals surface area contributed by atoms with E-state index in [4.69, 9.17) is 4.74 Å². The molecule has 3 heterocycles. The highest BCUT2D eigenvalue weighted by Gasteiger charge is 2.40. The van der Waals surface area contributed by atoms with Crippen LogP contribution in [0.5, 0.6) is 0 Å². The fourth-order valence-electron chi connectivity index (χ4n) is 3.84. The van der Waals surface area contributed by atoms with Gasteiger partial charge in [0.2, 0.25) is 5.91 Å². The number of carbonyl (C=O) groups excluding carboxylic acids is 2. The summed E-state index contributed by atoms with van der Waals surface area (Å²) in [4.78, 5) is 31.7. The van der Waals surface area contributed by atoms with Gasteiger partial charge in [-0.1, -0.05) is 0 Å². The first-order valence-electron chi connectivity index (χ1n) is 8.41. The lowest BCUT2D eigenvalue weighted by Crippen LogP contribution is -2.57. The van der Waals surface area contributed by atoms with Crippen LogP contribution in [0, 0.1) is 5.92 Å². The molecule has 2 aliphatic rings. The quantitative estimate of drug-likeness (QED) is 0.837. The molecule has 0 spiro atoms. The number of ether oxygens (including phenoxy) is 1. The Morgan fingerprint density at radius 2 is 2.30 bits per heavy atom. The second-order valence-corrected chi connectivity index (χ2v) is 6.42. The number of rotatable bonds is 5. The summed E-state index contributed by atoms with van der Waals surface area (Å²) in [6.45, 7) is 2.90. The molecule has 1 aromatic rings. The predicted molar refractivity (Wildman–Crippen MR) is 86.0 cm³/mol. The van der Waals surface area contributed by atoms with Crippen molar-refractivity contribution in [1.82, 2.24) is 14.8 Å². The molecule has 6 heteroatoms. The lowest BCUT2D eigenvalue weighted by atomic mass is 9.83. The number of aromatic nitrogens is 1. The van der Waals surface area contributed by atoms with Crippen LogP contribution in [-0.2, 0) is 9.53 Å². The number of fused-ring (bicyclic) bond motifs is 1. The normalized spacial score (nSPS) is 24.7. The Kier molecular flexibility index (Phi) is 5.00. The summed E-state index contributed by atoms with van der Waals surface area (Å²) in [7, 11) is 1.69. The molecule has 2 saturated heterocycles. The van der Waals surface area contributed by atoms with E-state index in [1.54, 1.807) is 13.3 Å². The number of amides is 2. The monoisotopic (exact) mass is 319 g/mol. The zero-order valence-electron chi connectivity index (χ0n) is 13.7. The zero-order chi connectivity index (χ0) is 16.2. The molecule has 0 unspecified atom stereocenters. The van der Waals surface area contributed by atoms with Crippen molar-refractivity contribution in [1.29, 1.82) is 0 Å². The predicted octanol–water partition coefficient (Wildman–Crippen LogP) is 1.50. The molecule has 0 aliphatic carbocycles. The average molecular weight is 319 g/mol. The molecule has 0 saturated carbocycles. The third-order valence-corrected chi connectivity index (χ3v) is 5.01. The number of carbonyl (C=O) groups is 2. The molecule has 0 radical (unpaired) electrons. The lowest BCUT2D eigenvalue weighted by molar-refractivity contribution is -0.140. The molecule has 23 heavy (non-hydrogen) atoms. The molecule has 2 aliphatic heterocycles. The minimum Gasteiger partial charge on any atom is -0.385 e. The first kappa shape index (κ1) is 16.1. The van der Waals surface area contributed by atoms with Crippen molar-refractivity contribution in [3.05, 3.63) is 24.0 Å². The van der Waals surface area contributed by atoms with Crippen molar-refractivity contribution in [3.8, 4) is 0 Å². The van der Waals surface area contributed by atoms with Crippen LogP contribution >= 0.6 is 0 Å². The van der Waals surface area contributed by atoms with Gasteiger partial charge in [0.05, 0.1) is 0 Å². The minimum absolute atomic E-state index is 0.0660. The molecule has 2 atom stereocenters. The van der Waals surface area contributed by atoms with Crippen LogP contribution in [0.3, 0.4) is 0 Å². The van der Waals surface area contributed by atoms with Crippen molar-refractivity contribution in [2.45, 2.75) is 31.7 Å². The van der Waals surface area contributed by atoms with Gasteiger partial charge >= 0.3 is 0 Å². The standard InChI is InChI=1S/C17H25N3O3/c1-23-11-3-9-20-15-7-10-19(12-13(15)5-6-16(20)21)17(22)14-4-2-8-18-14/h2,4,8,13,15,18H,3,5-7,9-12H2,1H3/t13-,15+/m0/s1. The first-order chi connectivity index (χ1) is 11.2. The molecule has 2 amide bonds. The van der Waals surface area contributed by atoms with Crippen LogP contribution < -0.4 is 0 Å². The fraction of sp³-hybridized carbons (Fsp3) is 0.647. The number of nitrogens with one attached hydrogen (secondary N) is 1. The number of nitrogens with zero attached hydrogens (tertiary/aromatic N) is 2. The third kappa shape index (κ3) is 3.42. The number of aromatic amines is 1. The molecule has 6 nitrogen and oxygen atoms in total. The van der Waals surface area contributed by atoms with Gasteiger partial charge in [0, 0.05) is 52.0 Å². The van der Waals surface area contributed by atoms with Crippen molar-refractivity contribution < 1.29 is 14.3 Å². The Balaban J connectivity index is 1.63. The van der Waals surface area contributed by atoms with Crippen LogP contribution in [0.1, 0.15) is 36.2 Å². The van der Waals surface area contributed by atoms with E-state index in [9.17, 15) is 9.59 Å². The second-order valence-electron chi connectivity index (χ2n) is 6.42. The molecule has 1 aromatic heterocycles. The Bertz CT molecular complexity index is 543. The maximum absolute atomic E-state index is 12.5. The zero-order valence-corrected chi connectivity index (χ0v) is 13.7. The number of methoxy groups -OCH3 is 1. The van der Waals surface area contributed by atoms with E-state index in [0.29, 0.717) is 31.2 Å². The average Bonchev–Trinajstić information content (AvgIpc) is 3.10. The SMILES string of the molecule is COCCCN1C(=O)CC[C@H]2CN(C(=O)c3ccc[nH]3)CC[C@H]21. The van der Waals surface area contributed by atoms with Gasteiger partial charge in [-0.05, 0) is 37.3 Å². The Morgan fingerprint density at radius 3 is 3.04 bits per heavy atom. The van der Waals surface area contributed by atoms with E-state index in [-0.39, 0.29) is 17.9 Å². The van der Waals surface area contributed by atoms with Crippen molar-refractivity contribution in [2.75, 3.05) is 33.4 Å². The van der Waals surface area contributed by atoms with E-state index in [2.05, 4.69) is 4.98 Å². The first-order valence-corrected chi connectivity index (χ1v) is 8.41. The number of hydrogen-bond donors (Lipinski definition) is 1. The third-order valence-electron chi connectivity index (χ3n) is 5.01. The minimum atomic E-state index is 0.0660. The second kappa shape index (κ2) is 7.17. The summed E-state index contributed by atoms with van der Waals surface area (Å²) in [5, 5.41) is 0. The maximum atomic E-state index is 12.5. The van der Waals surface area contributed by atoms with Gasteiger partial charge in [-0.3, -0.25) is 9.59 Å². The maximum Gasteiger partial charge on any atom is 0.270 e. The van der Waals surface area contributed by atoms with Gasteiger partial charge in [0.25, 0.3) is 5.91 Å². The van der Waals surface area contributed by atoms with Crippen molar-refractivity contribution >= 4 is 11.8 Å².